The van der Waals surface area contributed by atoms with Crippen molar-refractivity contribution in [3.05, 3.63) is 235 Å². The summed E-state index contributed by atoms with van der Waals surface area (Å²) in [7, 11) is 0. The molecule has 2 heterocycles. The number of para-hydroxylation sites is 1. The number of pyridine rings is 1. The molecular weight excluding hydrogens is 691 g/mol. The lowest BCUT2D eigenvalue weighted by molar-refractivity contribution is 0.769. The quantitative estimate of drug-likeness (QED) is 0.160. The van der Waals surface area contributed by atoms with Gasteiger partial charge in [-0.3, -0.25) is 0 Å². The summed E-state index contributed by atoms with van der Waals surface area (Å²) in [5.41, 5.74) is 14.9. The van der Waals surface area contributed by atoms with E-state index in [1.807, 2.05) is 36.4 Å². The third kappa shape index (κ3) is 5.32. The van der Waals surface area contributed by atoms with E-state index in [9.17, 15) is 0 Å². The van der Waals surface area contributed by atoms with Crippen molar-refractivity contribution in [2.24, 2.45) is 0 Å². The van der Waals surface area contributed by atoms with E-state index in [1.54, 1.807) is 0 Å². The molecule has 0 spiro atoms. The van der Waals surface area contributed by atoms with Crippen LogP contribution >= 0.6 is 0 Å². The minimum atomic E-state index is -0.505. The summed E-state index contributed by atoms with van der Waals surface area (Å²) < 4.78 is 0. The molecule has 0 fully saturated rings. The second kappa shape index (κ2) is 13.4. The maximum Gasteiger partial charge on any atom is 0.160 e. The van der Waals surface area contributed by atoms with Crippen LogP contribution < -0.4 is 0 Å². The average molecular weight is 726 g/mol. The van der Waals surface area contributed by atoms with E-state index in [2.05, 4.69) is 176 Å². The van der Waals surface area contributed by atoms with Crippen molar-refractivity contribution in [2.45, 2.75) is 5.41 Å². The summed E-state index contributed by atoms with van der Waals surface area (Å²) >= 11 is 0. The van der Waals surface area contributed by atoms with Crippen LogP contribution in [0.1, 0.15) is 22.3 Å². The molecule has 0 amide bonds. The summed E-state index contributed by atoms with van der Waals surface area (Å²) in [5.74, 6) is 0.702. The fraction of sp³-hybridized carbons (Fsp3) is 0.0185. The highest BCUT2D eigenvalue weighted by Gasteiger charge is 2.46. The zero-order valence-corrected chi connectivity index (χ0v) is 31.0. The van der Waals surface area contributed by atoms with Crippen molar-refractivity contribution < 1.29 is 0 Å². The van der Waals surface area contributed by atoms with Crippen molar-refractivity contribution in [1.29, 1.82) is 0 Å². The van der Waals surface area contributed by atoms with Gasteiger partial charge < -0.3 is 0 Å². The lowest BCUT2D eigenvalue weighted by Gasteiger charge is -2.34. The van der Waals surface area contributed by atoms with Gasteiger partial charge in [0.15, 0.2) is 5.82 Å². The van der Waals surface area contributed by atoms with Gasteiger partial charge in [-0.25, -0.2) is 15.0 Å². The Bertz CT molecular complexity index is 2990. The Morgan fingerprint density at radius 2 is 0.842 bits per heavy atom. The minimum Gasteiger partial charge on any atom is -0.247 e. The van der Waals surface area contributed by atoms with Gasteiger partial charge in [0.25, 0.3) is 0 Å². The van der Waals surface area contributed by atoms with Gasteiger partial charge >= 0.3 is 0 Å². The average Bonchev–Trinajstić information content (AvgIpc) is 3.59. The number of fused-ring (bicyclic) bond motifs is 6. The van der Waals surface area contributed by atoms with Crippen LogP contribution in [0.25, 0.3) is 78.0 Å². The van der Waals surface area contributed by atoms with E-state index in [0.717, 1.165) is 55.6 Å². The van der Waals surface area contributed by atoms with Crippen molar-refractivity contribution in [3.8, 4) is 56.3 Å². The largest absolute Gasteiger partial charge is 0.247 e. The minimum absolute atomic E-state index is 0.505. The third-order valence-electron chi connectivity index (χ3n) is 11.6. The summed E-state index contributed by atoms with van der Waals surface area (Å²) in [6.45, 7) is 0. The molecule has 2 aromatic heterocycles. The molecule has 0 N–H and O–H groups in total. The molecule has 11 rings (SSSR count). The van der Waals surface area contributed by atoms with E-state index >= 15 is 0 Å². The summed E-state index contributed by atoms with van der Waals surface area (Å²) in [6, 6.07) is 75.7. The predicted molar refractivity (Wildman–Crippen MR) is 234 cm³/mol. The SMILES string of the molecule is c1ccc(-c2cc(-c3ccc(-c4nc5ccccc5c5cc6c(cc45)C(c4ccccc4)(c4ccccc4)c4ccccc4-6)cc3)nc(-c3ccccc3)n2)cc1. The maximum atomic E-state index is 5.43. The first-order chi connectivity index (χ1) is 28.3. The van der Waals surface area contributed by atoms with Gasteiger partial charge in [0.2, 0.25) is 0 Å². The van der Waals surface area contributed by atoms with Gasteiger partial charge in [0.1, 0.15) is 0 Å². The van der Waals surface area contributed by atoms with Crippen LogP contribution in [0.5, 0.6) is 0 Å². The molecule has 1 aliphatic rings. The van der Waals surface area contributed by atoms with E-state index in [0.29, 0.717) is 5.82 Å². The van der Waals surface area contributed by atoms with E-state index in [-0.39, 0.29) is 0 Å². The number of aromatic nitrogens is 3. The molecule has 0 bridgehead atoms. The van der Waals surface area contributed by atoms with Gasteiger partial charge in [-0.1, -0.05) is 188 Å². The fourth-order valence-corrected chi connectivity index (χ4v) is 8.97. The monoisotopic (exact) mass is 725 g/mol. The topological polar surface area (TPSA) is 38.7 Å². The van der Waals surface area contributed by atoms with Gasteiger partial charge in [0, 0.05) is 33.0 Å². The molecule has 0 unspecified atom stereocenters. The van der Waals surface area contributed by atoms with Gasteiger partial charge in [-0.2, -0.15) is 0 Å². The Morgan fingerprint density at radius 1 is 0.316 bits per heavy atom. The summed E-state index contributed by atoms with van der Waals surface area (Å²) in [4.78, 5) is 15.5. The second-order valence-corrected chi connectivity index (χ2v) is 14.7. The molecule has 0 saturated carbocycles. The molecule has 10 aromatic rings. The first-order valence-electron chi connectivity index (χ1n) is 19.4. The lowest BCUT2D eigenvalue weighted by atomic mass is 9.67. The number of nitrogens with zero attached hydrogens (tertiary/aromatic N) is 3. The summed E-state index contributed by atoms with van der Waals surface area (Å²) in [6.07, 6.45) is 0. The van der Waals surface area contributed by atoms with E-state index in [1.165, 1.54) is 38.8 Å². The normalized spacial score (nSPS) is 12.7. The molecular formula is C54H35N3. The molecule has 0 radical (unpaired) electrons. The molecule has 0 saturated heterocycles. The molecule has 0 aliphatic heterocycles. The Morgan fingerprint density at radius 3 is 1.51 bits per heavy atom. The Balaban J connectivity index is 1.13. The Kier molecular flexibility index (Phi) is 7.71. The van der Waals surface area contributed by atoms with Gasteiger partial charge in [-0.15, -0.1) is 0 Å². The molecule has 3 heteroatoms. The maximum absolute atomic E-state index is 5.43. The van der Waals surface area contributed by atoms with Crippen molar-refractivity contribution in [2.75, 3.05) is 0 Å². The third-order valence-corrected chi connectivity index (χ3v) is 11.6. The Hall–Kier alpha value is -7.49. The highest BCUT2D eigenvalue weighted by atomic mass is 14.9. The molecule has 0 atom stereocenters. The van der Waals surface area contributed by atoms with Gasteiger partial charge in [-0.05, 0) is 63.0 Å². The van der Waals surface area contributed by atoms with Crippen LogP contribution in [0, 0.1) is 0 Å². The number of benzene rings is 8. The first-order valence-corrected chi connectivity index (χ1v) is 19.4. The Labute approximate surface area is 331 Å². The fourth-order valence-electron chi connectivity index (χ4n) is 8.97. The molecule has 8 aromatic carbocycles. The van der Waals surface area contributed by atoms with Crippen LogP contribution in [0.15, 0.2) is 212 Å². The molecule has 57 heavy (non-hydrogen) atoms. The van der Waals surface area contributed by atoms with Crippen LogP contribution in [0.4, 0.5) is 0 Å². The van der Waals surface area contributed by atoms with Crippen LogP contribution in [-0.4, -0.2) is 15.0 Å². The number of hydrogen-bond acceptors (Lipinski definition) is 3. The van der Waals surface area contributed by atoms with Crippen LogP contribution in [0.2, 0.25) is 0 Å². The highest BCUT2D eigenvalue weighted by Crippen LogP contribution is 2.57. The second-order valence-electron chi connectivity index (χ2n) is 14.7. The standard InChI is InChI=1S/C54H35N3/c1-5-17-36(18-6-1)50-35-51(57-53(56-50)39-19-7-2-8-20-39)37-29-31-38(32-30-37)52-46-34-48-45(33-44(46)43-26-14-16-28-49(43)55-52)42-25-13-15-27-47(42)54(48,40-21-9-3-10-22-40)41-23-11-4-12-24-41/h1-35H. The van der Waals surface area contributed by atoms with Crippen molar-refractivity contribution >= 4 is 21.7 Å². The molecule has 266 valence electrons. The number of hydrogen-bond donors (Lipinski definition) is 0. The van der Waals surface area contributed by atoms with Crippen molar-refractivity contribution in [3.63, 3.8) is 0 Å². The highest BCUT2D eigenvalue weighted by molar-refractivity contribution is 6.13. The zero-order chi connectivity index (χ0) is 37.8. The van der Waals surface area contributed by atoms with Crippen LogP contribution in [-0.2, 0) is 5.41 Å². The lowest BCUT2D eigenvalue weighted by Crippen LogP contribution is -2.28. The predicted octanol–water partition coefficient (Wildman–Crippen LogP) is 13.2. The van der Waals surface area contributed by atoms with E-state index < -0.39 is 5.41 Å². The van der Waals surface area contributed by atoms with Gasteiger partial charge in [0.05, 0.1) is 28.0 Å². The number of rotatable bonds is 6. The summed E-state index contributed by atoms with van der Waals surface area (Å²) in [5, 5.41) is 3.47. The van der Waals surface area contributed by atoms with Crippen LogP contribution in [0.3, 0.4) is 0 Å². The zero-order valence-electron chi connectivity index (χ0n) is 31.0. The van der Waals surface area contributed by atoms with Crippen molar-refractivity contribution in [1.82, 2.24) is 15.0 Å². The van der Waals surface area contributed by atoms with E-state index in [4.69, 9.17) is 15.0 Å². The smallest absolute Gasteiger partial charge is 0.160 e. The molecule has 1 aliphatic carbocycles. The molecule has 3 nitrogen and oxygen atoms in total. The first kappa shape index (κ1) is 32.9.